The zero-order chi connectivity index (χ0) is 26.6. The van der Waals surface area contributed by atoms with Gasteiger partial charge >= 0.3 is 12.2 Å². The van der Waals surface area contributed by atoms with Crippen LogP contribution in [0.15, 0.2) is 67.1 Å². The van der Waals surface area contributed by atoms with Crippen molar-refractivity contribution in [3.05, 3.63) is 77.7 Å². The Bertz CT molecular complexity index is 1410. The van der Waals surface area contributed by atoms with Gasteiger partial charge in [0.25, 0.3) is 0 Å². The molecule has 4 rings (SSSR count). The number of aromatic nitrogens is 4. The Morgan fingerprint density at radius 1 is 1.08 bits per heavy atom. The number of carbonyl (C=O) groups is 1. The molecule has 2 aromatic carbocycles. The molecule has 0 aliphatic heterocycles. The average molecular weight is 532 g/mol. The minimum Gasteiger partial charge on any atom is -0.392 e. The topological polar surface area (TPSA) is 117 Å². The summed E-state index contributed by atoms with van der Waals surface area (Å²) in [6.07, 6.45) is -0.359. The summed E-state index contributed by atoms with van der Waals surface area (Å²) in [5.74, 6) is 1.38. The van der Waals surface area contributed by atoms with Gasteiger partial charge in [-0.2, -0.15) is 18.2 Å². The number of anilines is 3. The minimum absolute atomic E-state index is 0.0651. The van der Waals surface area contributed by atoms with E-state index in [1.807, 2.05) is 0 Å². The maximum atomic E-state index is 13.1. The molecule has 2 aromatic heterocycles. The van der Waals surface area contributed by atoms with Gasteiger partial charge in [-0.05, 0) is 43.3 Å². The normalized spacial score (nSPS) is 12.2. The van der Waals surface area contributed by atoms with Gasteiger partial charge in [-0.25, -0.2) is 14.8 Å². The summed E-state index contributed by atoms with van der Waals surface area (Å²) >= 11 is 5.63. The van der Waals surface area contributed by atoms with Crippen LogP contribution in [0.2, 0.25) is 5.02 Å². The van der Waals surface area contributed by atoms with E-state index in [1.54, 1.807) is 60.4 Å². The van der Waals surface area contributed by atoms with Crippen molar-refractivity contribution in [2.75, 3.05) is 22.5 Å². The lowest BCUT2D eigenvalue weighted by Crippen LogP contribution is -2.20. The molecule has 37 heavy (non-hydrogen) atoms. The van der Waals surface area contributed by atoms with E-state index in [2.05, 4.69) is 30.9 Å². The Labute approximate surface area is 214 Å². The Balaban J connectivity index is 1.51. The third-order valence-electron chi connectivity index (χ3n) is 4.99. The zero-order valence-electron chi connectivity index (χ0n) is 19.3. The number of imidazole rings is 1. The molecule has 2 amide bonds. The van der Waals surface area contributed by atoms with Crippen molar-refractivity contribution in [2.45, 2.75) is 19.2 Å². The fourth-order valence-electron chi connectivity index (χ4n) is 3.36. The first kappa shape index (κ1) is 25.9. The molecule has 0 aliphatic carbocycles. The Kier molecular flexibility index (Phi) is 7.60. The van der Waals surface area contributed by atoms with E-state index in [1.165, 1.54) is 6.07 Å². The van der Waals surface area contributed by atoms with Crippen LogP contribution < -0.4 is 16.0 Å². The van der Waals surface area contributed by atoms with Crippen molar-refractivity contribution in [2.24, 2.45) is 0 Å². The van der Waals surface area contributed by atoms with Crippen LogP contribution in [0.5, 0.6) is 0 Å². The summed E-state index contributed by atoms with van der Waals surface area (Å²) in [7, 11) is 0. The molecule has 0 saturated heterocycles. The third-order valence-corrected chi connectivity index (χ3v) is 5.32. The molecule has 0 bridgehead atoms. The zero-order valence-corrected chi connectivity index (χ0v) is 20.0. The number of alkyl halides is 3. The van der Waals surface area contributed by atoms with Crippen LogP contribution in [0, 0.1) is 0 Å². The van der Waals surface area contributed by atoms with Crippen molar-refractivity contribution < 1.29 is 23.1 Å². The van der Waals surface area contributed by atoms with Crippen LogP contribution in [0.3, 0.4) is 0 Å². The first-order valence-electron chi connectivity index (χ1n) is 10.9. The van der Waals surface area contributed by atoms with Gasteiger partial charge in [0.15, 0.2) is 0 Å². The second-order valence-corrected chi connectivity index (χ2v) is 8.35. The summed E-state index contributed by atoms with van der Waals surface area (Å²) < 4.78 is 41.0. The lowest BCUT2D eigenvalue weighted by Gasteiger charge is -2.13. The Hall–Kier alpha value is -4.16. The number of rotatable bonds is 7. The molecule has 4 N–H and O–H groups in total. The molecule has 192 valence electrons. The summed E-state index contributed by atoms with van der Waals surface area (Å²) in [5.41, 5.74) is -0.0817. The number of aliphatic hydroxyl groups is 1. The molecular weight excluding hydrogens is 511 g/mol. The summed E-state index contributed by atoms with van der Waals surface area (Å²) in [5, 5.41) is 16.9. The number of nitrogens with zero attached hydrogens (tertiary/aromatic N) is 4. The van der Waals surface area contributed by atoms with E-state index in [-0.39, 0.29) is 12.2 Å². The molecule has 0 radical (unpaired) electrons. The number of aliphatic hydroxyl groups excluding tert-OH is 1. The number of hydrogen-bond donors (Lipinski definition) is 4. The Morgan fingerprint density at radius 2 is 1.84 bits per heavy atom. The van der Waals surface area contributed by atoms with Gasteiger partial charge < -0.3 is 21.1 Å². The van der Waals surface area contributed by atoms with E-state index >= 15 is 0 Å². The fourth-order valence-corrected chi connectivity index (χ4v) is 3.58. The van der Waals surface area contributed by atoms with E-state index in [0.29, 0.717) is 28.8 Å². The fraction of sp³-hybridized carbons (Fsp3) is 0.167. The molecule has 1 atom stereocenters. The van der Waals surface area contributed by atoms with Gasteiger partial charge in [0.1, 0.15) is 11.6 Å². The second-order valence-electron chi connectivity index (χ2n) is 7.94. The second kappa shape index (κ2) is 10.8. The van der Waals surface area contributed by atoms with Gasteiger partial charge in [-0.15, -0.1) is 0 Å². The average Bonchev–Trinajstić information content (AvgIpc) is 3.34. The van der Waals surface area contributed by atoms with E-state index in [0.717, 1.165) is 12.1 Å². The van der Waals surface area contributed by atoms with Crippen molar-refractivity contribution in [1.29, 1.82) is 0 Å². The molecule has 0 saturated carbocycles. The van der Waals surface area contributed by atoms with Gasteiger partial charge in [0.05, 0.1) is 16.7 Å². The van der Waals surface area contributed by atoms with E-state index < -0.39 is 28.9 Å². The van der Waals surface area contributed by atoms with E-state index in [4.69, 9.17) is 11.6 Å². The molecule has 2 heterocycles. The van der Waals surface area contributed by atoms with Crippen LogP contribution in [-0.2, 0) is 6.18 Å². The number of hydrogen-bond acceptors (Lipinski definition) is 6. The number of benzene rings is 2. The molecule has 4 aromatic rings. The summed E-state index contributed by atoms with van der Waals surface area (Å²) in [4.78, 5) is 25.4. The lowest BCUT2D eigenvalue weighted by molar-refractivity contribution is -0.137. The van der Waals surface area contributed by atoms with Crippen LogP contribution >= 0.6 is 11.6 Å². The third kappa shape index (κ3) is 6.54. The van der Waals surface area contributed by atoms with Gasteiger partial charge in [0, 0.05) is 42.1 Å². The number of amides is 2. The standard InChI is InChI=1S/C24H21ClF3N7O2/c1-14(36)13-31-22-30-8-7-20(34-22)35-10-9-29-21(35)15-3-2-4-16(11-15)32-23(37)33-17-5-6-19(25)18(12-17)24(26,27)28/h2-12,14,36H,13H2,1H3,(H,30,31,34)(H2,32,33,37). The minimum atomic E-state index is -4.65. The molecular formula is C24H21ClF3N7O2. The highest BCUT2D eigenvalue weighted by Gasteiger charge is 2.33. The first-order valence-corrected chi connectivity index (χ1v) is 11.3. The highest BCUT2D eigenvalue weighted by atomic mass is 35.5. The summed E-state index contributed by atoms with van der Waals surface area (Å²) in [6, 6.07) is 10.8. The monoisotopic (exact) mass is 531 g/mol. The summed E-state index contributed by atoms with van der Waals surface area (Å²) in [6.45, 7) is 1.92. The predicted molar refractivity (Wildman–Crippen MR) is 134 cm³/mol. The van der Waals surface area contributed by atoms with Crippen LogP contribution in [0.4, 0.5) is 35.3 Å². The largest absolute Gasteiger partial charge is 0.417 e. The molecule has 1 unspecified atom stereocenters. The van der Waals surface area contributed by atoms with Crippen molar-refractivity contribution in [3.8, 4) is 17.2 Å². The highest BCUT2D eigenvalue weighted by molar-refractivity contribution is 6.31. The maximum absolute atomic E-state index is 13.1. The smallest absolute Gasteiger partial charge is 0.392 e. The van der Waals surface area contributed by atoms with Crippen molar-refractivity contribution in [1.82, 2.24) is 19.5 Å². The number of carbonyl (C=O) groups excluding carboxylic acids is 1. The van der Waals surface area contributed by atoms with Gasteiger partial charge in [-0.1, -0.05) is 23.7 Å². The van der Waals surface area contributed by atoms with Crippen molar-refractivity contribution >= 4 is 35.0 Å². The van der Waals surface area contributed by atoms with Crippen molar-refractivity contribution in [3.63, 3.8) is 0 Å². The molecule has 0 aliphatic rings. The maximum Gasteiger partial charge on any atom is 0.417 e. The number of urea groups is 1. The number of halogens is 4. The first-order chi connectivity index (χ1) is 17.6. The molecule has 0 fully saturated rings. The van der Waals surface area contributed by atoms with E-state index in [9.17, 15) is 23.1 Å². The Morgan fingerprint density at radius 3 is 2.57 bits per heavy atom. The van der Waals surface area contributed by atoms with Gasteiger partial charge in [0.2, 0.25) is 5.95 Å². The SMILES string of the molecule is CC(O)CNc1nccc(-n2ccnc2-c2cccc(NC(=O)Nc3ccc(Cl)c(C(F)(F)F)c3)c2)n1. The molecule has 9 nitrogen and oxygen atoms in total. The molecule has 0 spiro atoms. The van der Waals surface area contributed by atoms with Crippen LogP contribution in [0.25, 0.3) is 17.2 Å². The highest BCUT2D eigenvalue weighted by Crippen LogP contribution is 2.36. The quantitative estimate of drug-likeness (QED) is 0.252. The van der Waals surface area contributed by atoms with Gasteiger partial charge in [-0.3, -0.25) is 4.57 Å². The predicted octanol–water partition coefficient (Wildman–Crippen LogP) is 5.44. The van der Waals surface area contributed by atoms with Crippen LogP contribution in [-0.4, -0.2) is 43.3 Å². The number of nitrogens with one attached hydrogen (secondary N) is 3. The lowest BCUT2D eigenvalue weighted by atomic mass is 10.2. The van der Waals surface area contributed by atoms with Crippen LogP contribution in [0.1, 0.15) is 12.5 Å². The molecule has 13 heteroatoms.